The fourth-order valence-electron chi connectivity index (χ4n) is 3.99. The van der Waals surface area contributed by atoms with Crippen molar-refractivity contribution in [3.63, 3.8) is 0 Å². The Labute approximate surface area is 183 Å². The van der Waals surface area contributed by atoms with Crippen LogP contribution in [-0.4, -0.2) is 0 Å². The zero-order valence-electron chi connectivity index (χ0n) is 17.1. The van der Waals surface area contributed by atoms with Crippen LogP contribution in [0.1, 0.15) is 16.7 Å². The second kappa shape index (κ2) is 8.17. The number of furan rings is 1. The first-order chi connectivity index (χ1) is 15.5. The van der Waals surface area contributed by atoms with Crippen molar-refractivity contribution < 1.29 is 17.6 Å². The molecule has 0 bridgehead atoms. The molecular formula is C27H20F3NO. The smallest absolute Gasteiger partial charge is 0.416 e. The van der Waals surface area contributed by atoms with Gasteiger partial charge in [0.2, 0.25) is 0 Å². The van der Waals surface area contributed by atoms with Crippen molar-refractivity contribution in [2.24, 2.45) is 0 Å². The summed E-state index contributed by atoms with van der Waals surface area (Å²) < 4.78 is 44.3. The molecular weight excluding hydrogens is 411 g/mol. The van der Waals surface area contributed by atoms with Crippen LogP contribution in [0.5, 0.6) is 0 Å². The molecule has 0 saturated heterocycles. The van der Waals surface area contributed by atoms with Gasteiger partial charge >= 0.3 is 6.18 Å². The van der Waals surface area contributed by atoms with Gasteiger partial charge in [-0.2, -0.15) is 13.2 Å². The molecule has 1 N–H and O–H groups in total. The number of nitrogens with one attached hydrogen (secondary N) is 1. The van der Waals surface area contributed by atoms with Crippen LogP contribution < -0.4 is 5.32 Å². The van der Waals surface area contributed by atoms with Gasteiger partial charge in [-0.25, -0.2) is 0 Å². The summed E-state index contributed by atoms with van der Waals surface area (Å²) in [7, 11) is 0. The Hall–Kier alpha value is -3.57. The van der Waals surface area contributed by atoms with E-state index >= 15 is 0 Å². The van der Waals surface area contributed by atoms with Crippen molar-refractivity contribution >= 4 is 21.9 Å². The van der Waals surface area contributed by atoms with Gasteiger partial charge in [0, 0.05) is 29.4 Å². The van der Waals surface area contributed by atoms with Gasteiger partial charge in [0.05, 0.1) is 5.56 Å². The molecule has 5 rings (SSSR count). The van der Waals surface area contributed by atoms with Crippen molar-refractivity contribution in [2.75, 3.05) is 0 Å². The van der Waals surface area contributed by atoms with Crippen LogP contribution in [0, 0.1) is 0 Å². The van der Waals surface area contributed by atoms with E-state index < -0.39 is 11.7 Å². The fraction of sp³-hybridized carbons (Fsp3) is 0.111. The lowest BCUT2D eigenvalue weighted by Gasteiger charge is -2.10. The van der Waals surface area contributed by atoms with Crippen LogP contribution in [0.2, 0.25) is 0 Å². The number of hydrogen-bond acceptors (Lipinski definition) is 2. The van der Waals surface area contributed by atoms with Crippen molar-refractivity contribution in [3.05, 3.63) is 108 Å². The molecule has 0 aliphatic heterocycles. The van der Waals surface area contributed by atoms with Gasteiger partial charge in [0.1, 0.15) is 11.2 Å². The Morgan fingerprint density at radius 2 is 1.41 bits per heavy atom. The Kier molecular flexibility index (Phi) is 5.19. The number of para-hydroxylation sites is 2. The maximum atomic E-state index is 12.7. The molecule has 1 aromatic heterocycles. The molecule has 0 unspecified atom stereocenters. The van der Waals surface area contributed by atoms with Crippen molar-refractivity contribution in [1.82, 2.24) is 5.32 Å². The maximum absolute atomic E-state index is 12.7. The highest BCUT2D eigenvalue weighted by atomic mass is 19.4. The van der Waals surface area contributed by atoms with Crippen LogP contribution in [-0.2, 0) is 19.3 Å². The van der Waals surface area contributed by atoms with E-state index in [9.17, 15) is 13.2 Å². The Bertz CT molecular complexity index is 1380. The molecule has 5 heteroatoms. The predicted octanol–water partition coefficient (Wildman–Crippen LogP) is 7.56. The molecule has 4 aromatic carbocycles. The second-order valence-corrected chi connectivity index (χ2v) is 7.78. The van der Waals surface area contributed by atoms with E-state index in [-0.39, 0.29) is 0 Å². The molecule has 0 amide bonds. The van der Waals surface area contributed by atoms with Crippen LogP contribution in [0.3, 0.4) is 0 Å². The quantitative estimate of drug-likeness (QED) is 0.311. The van der Waals surface area contributed by atoms with Crippen LogP contribution >= 0.6 is 0 Å². The molecule has 0 saturated carbocycles. The monoisotopic (exact) mass is 431 g/mol. The van der Waals surface area contributed by atoms with Crippen molar-refractivity contribution in [1.29, 1.82) is 0 Å². The lowest BCUT2D eigenvalue weighted by atomic mass is 10.0. The molecule has 0 atom stereocenters. The number of halogens is 3. The summed E-state index contributed by atoms with van der Waals surface area (Å²) in [6.07, 6.45) is -4.31. The van der Waals surface area contributed by atoms with Gasteiger partial charge in [-0.05, 0) is 41.0 Å². The summed E-state index contributed by atoms with van der Waals surface area (Å²) in [4.78, 5) is 0. The zero-order chi connectivity index (χ0) is 22.1. The van der Waals surface area contributed by atoms with E-state index in [1.54, 1.807) is 0 Å². The van der Waals surface area contributed by atoms with Gasteiger partial charge in [-0.15, -0.1) is 0 Å². The molecule has 0 aliphatic rings. The van der Waals surface area contributed by atoms with Gasteiger partial charge < -0.3 is 9.73 Å². The molecule has 32 heavy (non-hydrogen) atoms. The van der Waals surface area contributed by atoms with E-state index in [2.05, 4.69) is 35.6 Å². The van der Waals surface area contributed by atoms with Crippen LogP contribution in [0.4, 0.5) is 13.2 Å². The van der Waals surface area contributed by atoms with E-state index in [1.165, 1.54) is 12.1 Å². The van der Waals surface area contributed by atoms with Crippen LogP contribution in [0.25, 0.3) is 33.1 Å². The minimum Gasteiger partial charge on any atom is -0.455 e. The Morgan fingerprint density at radius 3 is 2.22 bits per heavy atom. The summed E-state index contributed by atoms with van der Waals surface area (Å²) in [6.45, 7) is 1.09. The highest BCUT2D eigenvalue weighted by Gasteiger charge is 2.29. The molecule has 0 aliphatic carbocycles. The number of rotatable bonds is 5. The number of alkyl halides is 3. The third-order valence-electron chi connectivity index (χ3n) is 5.58. The normalized spacial score (nSPS) is 12.0. The van der Waals surface area contributed by atoms with Gasteiger partial charge in [-0.3, -0.25) is 0 Å². The number of fused-ring (bicyclic) bond motifs is 3. The summed E-state index contributed by atoms with van der Waals surface area (Å²) in [5.74, 6) is 0. The van der Waals surface area contributed by atoms with E-state index in [0.29, 0.717) is 13.1 Å². The molecule has 2 nitrogen and oxygen atoms in total. The molecule has 5 aromatic rings. The minimum atomic E-state index is -4.31. The third kappa shape index (κ3) is 3.99. The summed E-state index contributed by atoms with van der Waals surface area (Å²) >= 11 is 0. The molecule has 0 fully saturated rings. The van der Waals surface area contributed by atoms with E-state index in [0.717, 1.165) is 56.3 Å². The average molecular weight is 431 g/mol. The van der Waals surface area contributed by atoms with Crippen molar-refractivity contribution in [3.8, 4) is 11.1 Å². The minimum absolute atomic E-state index is 0.488. The van der Waals surface area contributed by atoms with Crippen LogP contribution in [0.15, 0.2) is 95.4 Å². The number of benzene rings is 4. The van der Waals surface area contributed by atoms with Gasteiger partial charge in [0.25, 0.3) is 0 Å². The fourth-order valence-corrected chi connectivity index (χ4v) is 3.99. The first-order valence-electron chi connectivity index (χ1n) is 10.4. The Morgan fingerprint density at radius 1 is 0.688 bits per heavy atom. The Balaban J connectivity index is 1.34. The molecule has 1 heterocycles. The lowest BCUT2D eigenvalue weighted by molar-refractivity contribution is -0.137. The highest BCUT2D eigenvalue weighted by Crippen LogP contribution is 2.35. The summed E-state index contributed by atoms with van der Waals surface area (Å²) in [5.41, 5.74) is 5.08. The first kappa shape index (κ1) is 20.3. The average Bonchev–Trinajstić information content (AvgIpc) is 3.18. The summed E-state index contributed by atoms with van der Waals surface area (Å²) in [5, 5.41) is 5.49. The maximum Gasteiger partial charge on any atom is 0.416 e. The standard InChI is InChI=1S/C27H20F3NO/c28-27(29,30)21-13-11-18(12-14-21)16-31-17-19-5-3-6-20(15-19)22-8-4-9-24-23-7-1-2-10-25(23)32-26(22)24/h1-15,31H,16-17H2. The van der Waals surface area contributed by atoms with E-state index in [4.69, 9.17) is 4.42 Å². The predicted molar refractivity (Wildman–Crippen MR) is 121 cm³/mol. The summed E-state index contributed by atoms with van der Waals surface area (Å²) in [6, 6.07) is 27.6. The highest BCUT2D eigenvalue weighted by molar-refractivity contribution is 6.09. The second-order valence-electron chi connectivity index (χ2n) is 7.78. The molecule has 0 radical (unpaired) electrons. The molecule has 0 spiro atoms. The first-order valence-corrected chi connectivity index (χ1v) is 10.4. The van der Waals surface area contributed by atoms with E-state index in [1.807, 2.05) is 36.4 Å². The zero-order valence-corrected chi connectivity index (χ0v) is 17.1. The third-order valence-corrected chi connectivity index (χ3v) is 5.58. The van der Waals surface area contributed by atoms with Crippen molar-refractivity contribution in [2.45, 2.75) is 19.3 Å². The van der Waals surface area contributed by atoms with Gasteiger partial charge in [-0.1, -0.05) is 66.7 Å². The number of hydrogen-bond donors (Lipinski definition) is 1. The molecule has 160 valence electrons. The topological polar surface area (TPSA) is 25.2 Å². The SMILES string of the molecule is FC(F)(F)c1ccc(CNCc2cccc(-c3cccc4c3oc3ccccc34)c2)cc1. The lowest BCUT2D eigenvalue weighted by Crippen LogP contribution is -2.13. The van der Waals surface area contributed by atoms with Gasteiger partial charge in [0.15, 0.2) is 0 Å². The largest absolute Gasteiger partial charge is 0.455 e.